The summed E-state index contributed by atoms with van der Waals surface area (Å²) in [7, 11) is 0. The number of amides is 2. The number of hydrogen-bond donors (Lipinski definition) is 2. The molecule has 1 aromatic carbocycles. The van der Waals surface area contributed by atoms with Gasteiger partial charge in [-0.25, -0.2) is 9.78 Å². The van der Waals surface area contributed by atoms with Crippen LogP contribution in [0.5, 0.6) is 0 Å². The van der Waals surface area contributed by atoms with Crippen LogP contribution in [-0.2, 0) is 13.1 Å². The van der Waals surface area contributed by atoms with Crippen LogP contribution in [0.3, 0.4) is 0 Å². The van der Waals surface area contributed by atoms with Gasteiger partial charge in [0.2, 0.25) is 0 Å². The maximum atomic E-state index is 11.9. The molecule has 3 rings (SSSR count). The van der Waals surface area contributed by atoms with E-state index in [1.54, 1.807) is 6.20 Å². The molecular formula is C18H21ClN4O. The fourth-order valence-electron chi connectivity index (χ4n) is 2.72. The Hall–Kier alpha value is -2.27. The van der Waals surface area contributed by atoms with Gasteiger partial charge < -0.3 is 15.5 Å². The number of urea groups is 1. The molecule has 1 saturated heterocycles. The minimum absolute atomic E-state index is 0.190. The largest absolute Gasteiger partial charge is 0.357 e. The maximum Gasteiger partial charge on any atom is 0.315 e. The summed E-state index contributed by atoms with van der Waals surface area (Å²) < 4.78 is 0. The second kappa shape index (κ2) is 8.02. The summed E-state index contributed by atoms with van der Waals surface area (Å²) in [5.41, 5.74) is 2.06. The third kappa shape index (κ3) is 4.61. The van der Waals surface area contributed by atoms with Crippen molar-refractivity contribution in [3.8, 4) is 0 Å². The Balaban J connectivity index is 1.47. The van der Waals surface area contributed by atoms with Gasteiger partial charge in [-0.3, -0.25) is 0 Å². The summed E-state index contributed by atoms with van der Waals surface area (Å²) >= 11 is 5.84. The molecule has 0 unspecified atom stereocenters. The van der Waals surface area contributed by atoms with E-state index >= 15 is 0 Å². The van der Waals surface area contributed by atoms with Crippen LogP contribution in [0, 0.1) is 0 Å². The van der Waals surface area contributed by atoms with Crippen molar-refractivity contribution in [1.82, 2.24) is 15.6 Å². The van der Waals surface area contributed by atoms with Crippen molar-refractivity contribution < 1.29 is 4.79 Å². The van der Waals surface area contributed by atoms with E-state index < -0.39 is 0 Å². The molecular weight excluding hydrogens is 324 g/mol. The Morgan fingerprint density at radius 2 is 1.71 bits per heavy atom. The second-order valence-electron chi connectivity index (χ2n) is 5.88. The number of carbonyl (C=O) groups excluding carboxylic acids is 1. The van der Waals surface area contributed by atoms with Crippen molar-refractivity contribution >= 4 is 23.4 Å². The lowest BCUT2D eigenvalue weighted by Gasteiger charge is -2.17. The number of carbonyl (C=O) groups is 1. The predicted octanol–water partition coefficient (Wildman–Crippen LogP) is 3.33. The molecule has 1 fully saturated rings. The van der Waals surface area contributed by atoms with E-state index in [1.807, 2.05) is 36.4 Å². The second-order valence-corrected chi connectivity index (χ2v) is 6.32. The maximum absolute atomic E-state index is 11.9. The monoisotopic (exact) mass is 344 g/mol. The van der Waals surface area contributed by atoms with Gasteiger partial charge in [0.05, 0.1) is 0 Å². The molecule has 0 atom stereocenters. The first-order valence-corrected chi connectivity index (χ1v) is 8.54. The van der Waals surface area contributed by atoms with Gasteiger partial charge in [0.15, 0.2) is 0 Å². The van der Waals surface area contributed by atoms with Crippen LogP contribution in [0.4, 0.5) is 10.6 Å². The van der Waals surface area contributed by atoms with Gasteiger partial charge in [-0.05, 0) is 48.2 Å². The topological polar surface area (TPSA) is 57.3 Å². The fourth-order valence-corrected chi connectivity index (χ4v) is 2.85. The average molecular weight is 345 g/mol. The van der Waals surface area contributed by atoms with Crippen molar-refractivity contribution in [2.45, 2.75) is 25.9 Å². The molecule has 24 heavy (non-hydrogen) atoms. The van der Waals surface area contributed by atoms with Crippen molar-refractivity contribution in [2.75, 3.05) is 18.0 Å². The number of halogens is 1. The molecule has 5 nitrogen and oxygen atoms in total. The molecule has 0 radical (unpaired) electrons. The highest BCUT2D eigenvalue weighted by molar-refractivity contribution is 6.30. The third-order valence-corrected chi connectivity index (χ3v) is 4.31. The summed E-state index contributed by atoms with van der Waals surface area (Å²) in [4.78, 5) is 18.6. The Kier molecular flexibility index (Phi) is 5.54. The fraction of sp³-hybridized carbons (Fsp3) is 0.333. The van der Waals surface area contributed by atoms with E-state index in [0.717, 1.165) is 30.0 Å². The predicted molar refractivity (Wildman–Crippen MR) is 96.2 cm³/mol. The molecule has 6 heteroatoms. The minimum atomic E-state index is -0.190. The third-order valence-electron chi connectivity index (χ3n) is 4.06. The standard InChI is InChI=1S/C18H21ClN4O/c19-16-5-3-14(4-6-16)12-21-18(24)22-13-15-7-8-20-17(11-15)23-9-1-2-10-23/h3-8,11H,1-2,9-10,12-13H2,(H2,21,22,24). The van der Waals surface area contributed by atoms with Crippen molar-refractivity contribution in [3.05, 3.63) is 58.7 Å². The molecule has 1 aromatic heterocycles. The Morgan fingerprint density at radius 1 is 1.04 bits per heavy atom. The number of nitrogens with one attached hydrogen (secondary N) is 2. The van der Waals surface area contributed by atoms with Crippen LogP contribution in [0.25, 0.3) is 0 Å². The molecule has 0 spiro atoms. The molecule has 2 heterocycles. The van der Waals surface area contributed by atoms with Gasteiger partial charge in [0.25, 0.3) is 0 Å². The molecule has 0 saturated carbocycles. The molecule has 0 bridgehead atoms. The zero-order chi connectivity index (χ0) is 16.8. The number of benzene rings is 1. The van der Waals surface area contributed by atoms with Crippen LogP contribution in [0.2, 0.25) is 5.02 Å². The highest BCUT2D eigenvalue weighted by atomic mass is 35.5. The van der Waals surface area contributed by atoms with E-state index in [2.05, 4.69) is 20.5 Å². The van der Waals surface area contributed by atoms with Crippen molar-refractivity contribution in [2.24, 2.45) is 0 Å². The molecule has 1 aliphatic rings. The van der Waals surface area contributed by atoms with Crippen LogP contribution in [-0.4, -0.2) is 24.1 Å². The number of rotatable bonds is 5. The number of anilines is 1. The molecule has 2 aromatic rings. The highest BCUT2D eigenvalue weighted by Gasteiger charge is 2.13. The summed E-state index contributed by atoms with van der Waals surface area (Å²) in [6.07, 6.45) is 4.24. The lowest BCUT2D eigenvalue weighted by atomic mass is 10.2. The molecule has 126 valence electrons. The van der Waals surface area contributed by atoms with E-state index in [4.69, 9.17) is 11.6 Å². The minimum Gasteiger partial charge on any atom is -0.357 e. The molecule has 2 N–H and O–H groups in total. The van der Waals surface area contributed by atoms with Gasteiger partial charge in [-0.1, -0.05) is 23.7 Å². The Bertz CT molecular complexity index is 684. The van der Waals surface area contributed by atoms with Gasteiger partial charge in [-0.15, -0.1) is 0 Å². The first-order valence-electron chi connectivity index (χ1n) is 8.17. The number of pyridine rings is 1. The lowest BCUT2D eigenvalue weighted by molar-refractivity contribution is 0.240. The average Bonchev–Trinajstić information content (AvgIpc) is 3.14. The number of nitrogens with zero attached hydrogens (tertiary/aromatic N) is 2. The SMILES string of the molecule is O=C(NCc1ccc(Cl)cc1)NCc1ccnc(N2CCCC2)c1. The molecule has 1 aliphatic heterocycles. The van der Waals surface area contributed by atoms with E-state index in [0.29, 0.717) is 18.1 Å². The van der Waals surface area contributed by atoms with Gasteiger partial charge in [-0.2, -0.15) is 0 Å². The summed E-state index contributed by atoms with van der Waals surface area (Å²) in [6.45, 7) is 3.07. The Morgan fingerprint density at radius 3 is 2.42 bits per heavy atom. The van der Waals surface area contributed by atoms with Crippen LogP contribution < -0.4 is 15.5 Å². The normalized spacial score (nSPS) is 13.8. The van der Waals surface area contributed by atoms with Gasteiger partial charge >= 0.3 is 6.03 Å². The quantitative estimate of drug-likeness (QED) is 0.874. The summed E-state index contributed by atoms with van der Waals surface area (Å²) in [5, 5.41) is 6.40. The number of aromatic nitrogens is 1. The number of hydrogen-bond acceptors (Lipinski definition) is 3. The van der Waals surface area contributed by atoms with Crippen molar-refractivity contribution in [1.29, 1.82) is 0 Å². The Labute approximate surface area is 147 Å². The molecule has 0 aliphatic carbocycles. The zero-order valence-electron chi connectivity index (χ0n) is 13.5. The zero-order valence-corrected chi connectivity index (χ0v) is 14.2. The first-order chi connectivity index (χ1) is 11.7. The van der Waals surface area contributed by atoms with E-state index in [9.17, 15) is 4.79 Å². The first kappa shape index (κ1) is 16.6. The van der Waals surface area contributed by atoms with Gasteiger partial charge in [0, 0.05) is 37.4 Å². The summed E-state index contributed by atoms with van der Waals surface area (Å²) in [6, 6.07) is 11.2. The van der Waals surface area contributed by atoms with Crippen molar-refractivity contribution in [3.63, 3.8) is 0 Å². The smallest absolute Gasteiger partial charge is 0.315 e. The van der Waals surface area contributed by atoms with Crippen LogP contribution >= 0.6 is 11.6 Å². The lowest BCUT2D eigenvalue weighted by Crippen LogP contribution is -2.34. The summed E-state index contributed by atoms with van der Waals surface area (Å²) in [5.74, 6) is 0.994. The molecule has 2 amide bonds. The van der Waals surface area contributed by atoms with Crippen LogP contribution in [0.1, 0.15) is 24.0 Å². The van der Waals surface area contributed by atoms with Crippen LogP contribution in [0.15, 0.2) is 42.6 Å². The van der Waals surface area contributed by atoms with E-state index in [-0.39, 0.29) is 6.03 Å². The highest BCUT2D eigenvalue weighted by Crippen LogP contribution is 2.18. The van der Waals surface area contributed by atoms with Gasteiger partial charge in [0.1, 0.15) is 5.82 Å². The van der Waals surface area contributed by atoms with E-state index in [1.165, 1.54) is 12.8 Å².